The zero-order chi connectivity index (χ0) is 15.5. The summed E-state index contributed by atoms with van der Waals surface area (Å²) in [6, 6.07) is 0. The van der Waals surface area contributed by atoms with Gasteiger partial charge in [0.25, 0.3) is 0 Å². The SMILES string of the molecule is CCC(=O)O.CCC12CC(C=C1C(C)C)C(C(=O)O)C2. The highest BCUT2D eigenvalue weighted by atomic mass is 16.4. The van der Waals surface area contributed by atoms with E-state index in [1.165, 1.54) is 5.57 Å². The molecule has 3 unspecified atom stereocenters. The number of rotatable bonds is 4. The quantitative estimate of drug-likeness (QED) is 0.773. The van der Waals surface area contributed by atoms with Crippen LogP contribution in [0, 0.1) is 23.2 Å². The lowest BCUT2D eigenvalue weighted by Gasteiger charge is -2.32. The third-order valence-corrected chi connectivity index (χ3v) is 4.68. The Morgan fingerprint density at radius 1 is 1.30 bits per heavy atom. The molecule has 20 heavy (non-hydrogen) atoms. The molecule has 0 heterocycles. The first-order chi connectivity index (χ1) is 9.27. The van der Waals surface area contributed by atoms with Crippen LogP contribution in [0.3, 0.4) is 0 Å². The van der Waals surface area contributed by atoms with E-state index in [0.717, 1.165) is 19.3 Å². The van der Waals surface area contributed by atoms with Crippen molar-refractivity contribution in [1.82, 2.24) is 0 Å². The molecule has 1 fully saturated rings. The first-order valence-corrected chi connectivity index (χ1v) is 7.44. The summed E-state index contributed by atoms with van der Waals surface area (Å²) >= 11 is 0. The molecule has 0 spiro atoms. The van der Waals surface area contributed by atoms with Gasteiger partial charge in [0, 0.05) is 6.42 Å². The van der Waals surface area contributed by atoms with Crippen LogP contribution in [0.25, 0.3) is 0 Å². The number of allylic oxidation sites excluding steroid dienone is 2. The van der Waals surface area contributed by atoms with Crippen molar-refractivity contribution >= 4 is 11.9 Å². The van der Waals surface area contributed by atoms with E-state index in [4.69, 9.17) is 10.2 Å². The first-order valence-electron chi connectivity index (χ1n) is 7.44. The van der Waals surface area contributed by atoms with Gasteiger partial charge in [-0.05, 0) is 36.5 Å². The predicted molar refractivity (Wildman–Crippen MR) is 77.4 cm³/mol. The largest absolute Gasteiger partial charge is 0.481 e. The lowest BCUT2D eigenvalue weighted by atomic mass is 9.72. The molecule has 0 saturated heterocycles. The Bertz CT molecular complexity index is 411. The fourth-order valence-electron chi connectivity index (χ4n) is 3.64. The summed E-state index contributed by atoms with van der Waals surface area (Å²) in [6.07, 6.45) is 5.52. The molecule has 2 bridgehead atoms. The minimum Gasteiger partial charge on any atom is -0.481 e. The molecule has 2 rings (SSSR count). The molecule has 3 atom stereocenters. The molecular weight excluding hydrogens is 256 g/mol. The highest BCUT2D eigenvalue weighted by molar-refractivity contribution is 5.72. The van der Waals surface area contributed by atoms with Gasteiger partial charge in [-0.3, -0.25) is 9.59 Å². The van der Waals surface area contributed by atoms with Crippen molar-refractivity contribution in [3.63, 3.8) is 0 Å². The maximum Gasteiger partial charge on any atom is 0.307 e. The summed E-state index contributed by atoms with van der Waals surface area (Å²) in [5.41, 5.74) is 1.74. The first kappa shape index (κ1) is 16.7. The van der Waals surface area contributed by atoms with Crippen LogP contribution in [0.2, 0.25) is 0 Å². The molecule has 0 aromatic rings. The van der Waals surface area contributed by atoms with E-state index in [9.17, 15) is 9.59 Å². The molecule has 0 aliphatic heterocycles. The molecule has 0 aromatic heterocycles. The second-order valence-electron chi connectivity index (χ2n) is 6.17. The van der Waals surface area contributed by atoms with E-state index in [0.29, 0.717) is 11.8 Å². The van der Waals surface area contributed by atoms with Gasteiger partial charge in [-0.25, -0.2) is 0 Å². The van der Waals surface area contributed by atoms with Gasteiger partial charge in [0.2, 0.25) is 0 Å². The van der Waals surface area contributed by atoms with Crippen molar-refractivity contribution in [3.8, 4) is 0 Å². The standard InChI is InChI=1S/C13H20O2.C3H6O2/c1-4-13-6-9(5-11(13)8(2)3)10(7-13)12(14)15;1-2-3(4)5/h5,8-10H,4,6-7H2,1-3H3,(H,14,15);2H2,1H3,(H,4,5). The normalized spacial score (nSPS) is 30.8. The van der Waals surface area contributed by atoms with Gasteiger partial charge < -0.3 is 10.2 Å². The van der Waals surface area contributed by atoms with Gasteiger partial charge in [-0.2, -0.15) is 0 Å². The number of carboxylic acid groups (broad SMARTS) is 2. The third kappa shape index (κ3) is 3.22. The van der Waals surface area contributed by atoms with E-state index < -0.39 is 11.9 Å². The minimum absolute atomic E-state index is 0.118. The molecular formula is C16H26O4. The van der Waals surface area contributed by atoms with Crippen LogP contribution < -0.4 is 0 Å². The Kier molecular flexibility index (Phi) is 5.37. The second kappa shape index (κ2) is 6.42. The number of hydrogen-bond acceptors (Lipinski definition) is 2. The zero-order valence-corrected chi connectivity index (χ0v) is 12.8. The summed E-state index contributed by atoms with van der Waals surface area (Å²) < 4.78 is 0. The summed E-state index contributed by atoms with van der Waals surface area (Å²) in [5, 5.41) is 16.9. The molecule has 1 saturated carbocycles. The fourth-order valence-corrected chi connectivity index (χ4v) is 3.64. The monoisotopic (exact) mass is 282 g/mol. The summed E-state index contributed by atoms with van der Waals surface area (Å²) in [5.74, 6) is -0.587. The third-order valence-electron chi connectivity index (χ3n) is 4.68. The molecule has 0 radical (unpaired) electrons. The maximum absolute atomic E-state index is 11.1. The van der Waals surface area contributed by atoms with Gasteiger partial charge in [-0.1, -0.05) is 39.3 Å². The molecule has 2 aliphatic rings. The van der Waals surface area contributed by atoms with Gasteiger partial charge >= 0.3 is 11.9 Å². The van der Waals surface area contributed by atoms with Crippen LogP contribution in [0.4, 0.5) is 0 Å². The number of carboxylic acids is 2. The van der Waals surface area contributed by atoms with Gasteiger partial charge in [0.1, 0.15) is 0 Å². The summed E-state index contributed by atoms with van der Waals surface area (Å²) in [7, 11) is 0. The Hall–Kier alpha value is -1.32. The Labute approximate surface area is 120 Å². The smallest absolute Gasteiger partial charge is 0.307 e. The topological polar surface area (TPSA) is 74.6 Å². The van der Waals surface area contributed by atoms with Crippen LogP contribution >= 0.6 is 0 Å². The number of aliphatic carboxylic acids is 2. The molecule has 114 valence electrons. The van der Waals surface area contributed by atoms with Crippen molar-refractivity contribution in [2.75, 3.05) is 0 Å². The summed E-state index contributed by atoms with van der Waals surface area (Å²) in [4.78, 5) is 20.5. The molecule has 0 amide bonds. The molecule has 2 N–H and O–H groups in total. The van der Waals surface area contributed by atoms with Crippen LogP contribution in [-0.2, 0) is 9.59 Å². The van der Waals surface area contributed by atoms with E-state index >= 15 is 0 Å². The predicted octanol–water partition coefficient (Wildman–Crippen LogP) is 3.57. The molecule has 0 aromatic carbocycles. The summed E-state index contributed by atoms with van der Waals surface area (Å²) in [6.45, 7) is 8.24. The average molecular weight is 282 g/mol. The van der Waals surface area contributed by atoms with E-state index in [2.05, 4.69) is 26.8 Å². The fraction of sp³-hybridized carbons (Fsp3) is 0.750. The number of carbonyl (C=O) groups is 2. The van der Waals surface area contributed by atoms with Crippen molar-refractivity contribution in [2.45, 2.75) is 53.4 Å². The highest BCUT2D eigenvalue weighted by Crippen LogP contribution is 2.60. The Morgan fingerprint density at radius 2 is 1.85 bits per heavy atom. The lowest BCUT2D eigenvalue weighted by Crippen LogP contribution is -2.26. The number of fused-ring (bicyclic) bond motifs is 2. The second-order valence-corrected chi connectivity index (χ2v) is 6.17. The van der Waals surface area contributed by atoms with Crippen molar-refractivity contribution in [2.24, 2.45) is 23.2 Å². The average Bonchev–Trinajstić information content (AvgIpc) is 2.95. The van der Waals surface area contributed by atoms with Crippen LogP contribution in [0.5, 0.6) is 0 Å². The van der Waals surface area contributed by atoms with Crippen LogP contribution in [-0.4, -0.2) is 22.2 Å². The molecule has 4 nitrogen and oxygen atoms in total. The lowest BCUT2D eigenvalue weighted by molar-refractivity contribution is -0.142. The Balaban J connectivity index is 0.000000347. The zero-order valence-electron chi connectivity index (χ0n) is 12.8. The van der Waals surface area contributed by atoms with Crippen molar-refractivity contribution in [3.05, 3.63) is 11.6 Å². The van der Waals surface area contributed by atoms with Crippen LogP contribution in [0.1, 0.15) is 53.4 Å². The van der Waals surface area contributed by atoms with E-state index in [-0.39, 0.29) is 17.8 Å². The Morgan fingerprint density at radius 3 is 2.20 bits per heavy atom. The molecule has 2 aliphatic carbocycles. The van der Waals surface area contributed by atoms with Crippen LogP contribution in [0.15, 0.2) is 11.6 Å². The van der Waals surface area contributed by atoms with Gasteiger partial charge in [-0.15, -0.1) is 0 Å². The van der Waals surface area contributed by atoms with Gasteiger partial charge in [0.15, 0.2) is 0 Å². The number of hydrogen-bond donors (Lipinski definition) is 2. The molecule has 4 heteroatoms. The van der Waals surface area contributed by atoms with E-state index in [1.807, 2.05) is 0 Å². The minimum atomic E-state index is -0.745. The van der Waals surface area contributed by atoms with Gasteiger partial charge in [0.05, 0.1) is 5.92 Å². The highest BCUT2D eigenvalue weighted by Gasteiger charge is 2.53. The van der Waals surface area contributed by atoms with E-state index in [1.54, 1.807) is 6.92 Å². The maximum atomic E-state index is 11.1. The van der Waals surface area contributed by atoms with Crippen molar-refractivity contribution in [1.29, 1.82) is 0 Å². The van der Waals surface area contributed by atoms with Crippen molar-refractivity contribution < 1.29 is 19.8 Å².